The largest absolute Gasteiger partial charge is 0.444 e. The molecule has 1 saturated heterocycles. The van der Waals surface area contributed by atoms with Gasteiger partial charge in [0.1, 0.15) is 5.76 Å². The highest BCUT2D eigenvalue weighted by Gasteiger charge is 2.26. The van der Waals surface area contributed by atoms with E-state index in [1.807, 2.05) is 6.20 Å². The number of ether oxygens (including phenoxy) is 1. The van der Waals surface area contributed by atoms with Crippen LogP contribution in [0.2, 0.25) is 0 Å². The minimum Gasteiger partial charge on any atom is -0.444 e. The quantitative estimate of drug-likeness (QED) is 0.772. The number of methoxy groups -OCH3 is 1. The van der Waals surface area contributed by atoms with Gasteiger partial charge in [0.25, 0.3) is 0 Å². The zero-order chi connectivity index (χ0) is 15.2. The molecule has 1 atom stereocenters. The molecule has 0 saturated carbocycles. The zero-order valence-electron chi connectivity index (χ0n) is 13.8. The monoisotopic (exact) mass is 295 g/mol. The normalized spacial score (nSPS) is 21.3. The molecule has 0 aromatic carbocycles. The SMILES string of the molecule is CCC1CN(Cc2ncc(C(C)C)o2)CCN1CCOC. The van der Waals surface area contributed by atoms with Crippen LogP contribution in [0.1, 0.15) is 44.8 Å². The van der Waals surface area contributed by atoms with Gasteiger partial charge in [-0.1, -0.05) is 20.8 Å². The molecule has 1 aliphatic heterocycles. The van der Waals surface area contributed by atoms with Crippen molar-refractivity contribution in [3.8, 4) is 0 Å². The van der Waals surface area contributed by atoms with Gasteiger partial charge in [-0.25, -0.2) is 4.98 Å². The van der Waals surface area contributed by atoms with Crippen LogP contribution >= 0.6 is 0 Å². The van der Waals surface area contributed by atoms with Crippen molar-refractivity contribution in [2.45, 2.75) is 45.7 Å². The Morgan fingerprint density at radius 2 is 2.24 bits per heavy atom. The molecule has 0 aliphatic carbocycles. The highest BCUT2D eigenvalue weighted by atomic mass is 16.5. The summed E-state index contributed by atoms with van der Waals surface area (Å²) in [7, 11) is 1.77. The van der Waals surface area contributed by atoms with Gasteiger partial charge in [0, 0.05) is 45.2 Å². The van der Waals surface area contributed by atoms with E-state index in [9.17, 15) is 0 Å². The Morgan fingerprint density at radius 1 is 1.43 bits per heavy atom. The minimum atomic E-state index is 0.403. The number of hydrogen-bond donors (Lipinski definition) is 0. The van der Waals surface area contributed by atoms with Crippen LogP contribution in [0.4, 0.5) is 0 Å². The highest BCUT2D eigenvalue weighted by molar-refractivity contribution is 4.99. The number of piperazine rings is 1. The van der Waals surface area contributed by atoms with E-state index in [2.05, 4.69) is 35.6 Å². The second-order valence-electron chi connectivity index (χ2n) is 6.14. The molecule has 5 nitrogen and oxygen atoms in total. The average Bonchev–Trinajstić information content (AvgIpc) is 2.94. The summed E-state index contributed by atoms with van der Waals surface area (Å²) in [5, 5.41) is 0. The van der Waals surface area contributed by atoms with E-state index in [-0.39, 0.29) is 0 Å². The molecule has 1 aliphatic rings. The number of nitrogens with zero attached hydrogens (tertiary/aromatic N) is 3. The smallest absolute Gasteiger partial charge is 0.208 e. The molecule has 1 fully saturated rings. The van der Waals surface area contributed by atoms with Crippen LogP contribution in [0.3, 0.4) is 0 Å². The van der Waals surface area contributed by atoms with Crippen LogP contribution < -0.4 is 0 Å². The van der Waals surface area contributed by atoms with Gasteiger partial charge >= 0.3 is 0 Å². The van der Waals surface area contributed by atoms with Crippen molar-refractivity contribution in [1.82, 2.24) is 14.8 Å². The van der Waals surface area contributed by atoms with Gasteiger partial charge in [-0.3, -0.25) is 9.80 Å². The molecule has 0 N–H and O–H groups in total. The average molecular weight is 295 g/mol. The molecule has 0 radical (unpaired) electrons. The fraction of sp³-hybridized carbons (Fsp3) is 0.812. The molecule has 0 bridgehead atoms. The van der Waals surface area contributed by atoms with Crippen molar-refractivity contribution in [2.75, 3.05) is 39.9 Å². The second-order valence-corrected chi connectivity index (χ2v) is 6.14. The third-order valence-corrected chi connectivity index (χ3v) is 4.24. The first-order valence-electron chi connectivity index (χ1n) is 8.04. The topological polar surface area (TPSA) is 41.7 Å². The van der Waals surface area contributed by atoms with E-state index in [1.54, 1.807) is 7.11 Å². The third kappa shape index (κ3) is 4.53. The predicted octanol–water partition coefficient (Wildman–Crippen LogP) is 2.34. The third-order valence-electron chi connectivity index (χ3n) is 4.24. The molecule has 1 unspecified atom stereocenters. The van der Waals surface area contributed by atoms with Gasteiger partial charge in [-0.2, -0.15) is 0 Å². The van der Waals surface area contributed by atoms with Crippen molar-refractivity contribution in [1.29, 1.82) is 0 Å². The molecule has 21 heavy (non-hydrogen) atoms. The first kappa shape index (κ1) is 16.5. The van der Waals surface area contributed by atoms with Gasteiger partial charge in [-0.05, 0) is 6.42 Å². The van der Waals surface area contributed by atoms with Crippen molar-refractivity contribution < 1.29 is 9.15 Å². The lowest BCUT2D eigenvalue weighted by Crippen LogP contribution is -2.53. The Labute approximate surface area is 128 Å². The Balaban J connectivity index is 1.87. The summed E-state index contributed by atoms with van der Waals surface area (Å²) < 4.78 is 11.0. The minimum absolute atomic E-state index is 0.403. The van der Waals surface area contributed by atoms with E-state index in [1.165, 1.54) is 6.42 Å². The van der Waals surface area contributed by atoms with Crippen LogP contribution in [0, 0.1) is 0 Å². The summed E-state index contributed by atoms with van der Waals surface area (Å²) in [6.45, 7) is 12.4. The highest BCUT2D eigenvalue weighted by Crippen LogP contribution is 2.18. The van der Waals surface area contributed by atoms with E-state index < -0.39 is 0 Å². The first-order chi connectivity index (χ1) is 10.1. The molecule has 120 valence electrons. The van der Waals surface area contributed by atoms with Crippen molar-refractivity contribution in [2.24, 2.45) is 0 Å². The van der Waals surface area contributed by atoms with E-state index in [4.69, 9.17) is 9.15 Å². The maximum Gasteiger partial charge on any atom is 0.208 e. The van der Waals surface area contributed by atoms with Crippen molar-refractivity contribution in [3.63, 3.8) is 0 Å². The van der Waals surface area contributed by atoms with Crippen molar-refractivity contribution in [3.05, 3.63) is 17.8 Å². The molecule has 2 heterocycles. The standard InChI is InChI=1S/C16H29N3O2/c1-5-14-11-18(6-7-19(14)8-9-20-4)12-16-17-10-15(21-16)13(2)3/h10,13-14H,5-9,11-12H2,1-4H3. The van der Waals surface area contributed by atoms with E-state index in [0.717, 1.165) is 51.0 Å². The first-order valence-corrected chi connectivity index (χ1v) is 8.04. The number of rotatable bonds is 7. The van der Waals surface area contributed by atoms with Crippen LogP contribution in [0.5, 0.6) is 0 Å². The Hall–Kier alpha value is -0.910. The number of oxazole rings is 1. The lowest BCUT2D eigenvalue weighted by atomic mass is 10.1. The lowest BCUT2D eigenvalue weighted by molar-refractivity contribution is 0.0429. The molecule has 1 aromatic rings. The number of aromatic nitrogens is 1. The molecule has 0 amide bonds. The molecular formula is C16H29N3O2. The van der Waals surface area contributed by atoms with E-state index >= 15 is 0 Å². The Kier molecular flexibility index (Phi) is 6.21. The Bertz CT molecular complexity index is 419. The molecule has 1 aromatic heterocycles. The maximum absolute atomic E-state index is 5.82. The van der Waals surface area contributed by atoms with Gasteiger partial charge in [-0.15, -0.1) is 0 Å². The van der Waals surface area contributed by atoms with E-state index in [0.29, 0.717) is 12.0 Å². The van der Waals surface area contributed by atoms with Crippen molar-refractivity contribution >= 4 is 0 Å². The fourth-order valence-corrected chi connectivity index (χ4v) is 2.85. The van der Waals surface area contributed by atoms with Crippen LogP contribution in [0.25, 0.3) is 0 Å². The number of hydrogen-bond acceptors (Lipinski definition) is 5. The molecule has 2 rings (SSSR count). The van der Waals surface area contributed by atoms with Gasteiger partial charge in [0.05, 0.1) is 19.3 Å². The summed E-state index contributed by atoms with van der Waals surface area (Å²) >= 11 is 0. The summed E-state index contributed by atoms with van der Waals surface area (Å²) in [5.74, 6) is 2.23. The predicted molar refractivity (Wildman–Crippen MR) is 83.4 cm³/mol. The summed E-state index contributed by atoms with van der Waals surface area (Å²) in [6.07, 6.45) is 3.04. The summed E-state index contributed by atoms with van der Waals surface area (Å²) in [6, 6.07) is 0.605. The summed E-state index contributed by atoms with van der Waals surface area (Å²) in [4.78, 5) is 9.40. The Morgan fingerprint density at radius 3 is 2.86 bits per heavy atom. The fourth-order valence-electron chi connectivity index (χ4n) is 2.85. The van der Waals surface area contributed by atoms with Gasteiger partial charge in [0.15, 0.2) is 0 Å². The van der Waals surface area contributed by atoms with Gasteiger partial charge in [0.2, 0.25) is 5.89 Å². The molecule has 0 spiro atoms. The maximum atomic E-state index is 5.82. The molecular weight excluding hydrogens is 266 g/mol. The zero-order valence-corrected chi connectivity index (χ0v) is 13.8. The molecule has 5 heteroatoms. The second kappa shape index (κ2) is 7.92. The van der Waals surface area contributed by atoms with Crippen LogP contribution in [0.15, 0.2) is 10.6 Å². The summed E-state index contributed by atoms with van der Waals surface area (Å²) in [5.41, 5.74) is 0. The van der Waals surface area contributed by atoms with Crippen LogP contribution in [-0.4, -0.2) is 60.7 Å². The van der Waals surface area contributed by atoms with Gasteiger partial charge < -0.3 is 9.15 Å². The van der Waals surface area contributed by atoms with Crippen LogP contribution in [-0.2, 0) is 11.3 Å². The lowest BCUT2D eigenvalue weighted by Gasteiger charge is -2.40.